The van der Waals surface area contributed by atoms with Gasteiger partial charge in [-0.15, -0.1) is 0 Å². The van der Waals surface area contributed by atoms with Crippen molar-refractivity contribution < 1.29 is 32.7 Å². The van der Waals surface area contributed by atoms with Crippen molar-refractivity contribution in [3.8, 4) is 5.75 Å². The zero-order chi connectivity index (χ0) is 20.6. The van der Waals surface area contributed by atoms with Gasteiger partial charge in [0.1, 0.15) is 11.3 Å². The number of carbonyl (C=O) groups is 3. The molecule has 2 rings (SSSR count). The quantitative estimate of drug-likeness (QED) is 0.354. The molecule has 4 amide bonds. The monoisotopic (exact) mass is 399 g/mol. The standard InChI is InChI=1S/C16H21N3O7S/c1-9(12(20)18-23)13(19-15(22)17-14(21)16(19,2)3)27(24,25)11-7-5-10(26-4)6-8-11/h5-9,13,23H,1-4H3,(H,18,20)(H,17,21,22). The lowest BCUT2D eigenvalue weighted by Gasteiger charge is -2.37. The Morgan fingerprint density at radius 2 is 1.81 bits per heavy atom. The number of hydroxylamine groups is 1. The van der Waals surface area contributed by atoms with Gasteiger partial charge in [-0.2, -0.15) is 0 Å². The molecule has 1 fully saturated rings. The molecule has 10 nitrogen and oxygen atoms in total. The van der Waals surface area contributed by atoms with Gasteiger partial charge in [0.15, 0.2) is 15.2 Å². The van der Waals surface area contributed by atoms with Gasteiger partial charge in [-0.05, 0) is 38.1 Å². The summed E-state index contributed by atoms with van der Waals surface area (Å²) in [6, 6.07) is 4.44. The summed E-state index contributed by atoms with van der Waals surface area (Å²) in [7, 11) is -2.89. The molecule has 0 bridgehead atoms. The molecule has 0 saturated carbocycles. The predicted molar refractivity (Wildman–Crippen MR) is 92.5 cm³/mol. The molecule has 0 aromatic heterocycles. The Morgan fingerprint density at radius 1 is 1.26 bits per heavy atom. The van der Waals surface area contributed by atoms with Crippen molar-refractivity contribution in [2.24, 2.45) is 5.92 Å². The van der Waals surface area contributed by atoms with Gasteiger partial charge in [-0.25, -0.2) is 18.7 Å². The van der Waals surface area contributed by atoms with E-state index in [0.29, 0.717) is 5.75 Å². The number of methoxy groups -OCH3 is 1. The van der Waals surface area contributed by atoms with Crippen molar-refractivity contribution in [3.63, 3.8) is 0 Å². The number of nitrogens with one attached hydrogen (secondary N) is 2. The molecule has 1 aliphatic rings. The molecule has 0 radical (unpaired) electrons. The molecular formula is C16H21N3O7S. The third-order valence-electron chi connectivity index (χ3n) is 4.51. The van der Waals surface area contributed by atoms with Crippen LogP contribution in [0, 0.1) is 5.92 Å². The first-order valence-corrected chi connectivity index (χ1v) is 9.49. The minimum atomic E-state index is -4.31. The van der Waals surface area contributed by atoms with E-state index in [0.717, 1.165) is 4.90 Å². The number of sulfone groups is 1. The van der Waals surface area contributed by atoms with Crippen LogP contribution in [0.15, 0.2) is 29.2 Å². The number of benzene rings is 1. The van der Waals surface area contributed by atoms with E-state index in [4.69, 9.17) is 9.94 Å². The number of hydrogen-bond acceptors (Lipinski definition) is 7. The molecule has 0 spiro atoms. The van der Waals surface area contributed by atoms with Crippen molar-refractivity contribution in [2.45, 2.75) is 36.6 Å². The zero-order valence-electron chi connectivity index (χ0n) is 15.2. The summed E-state index contributed by atoms with van der Waals surface area (Å²) < 4.78 is 31.6. The molecule has 11 heteroatoms. The first kappa shape index (κ1) is 20.6. The van der Waals surface area contributed by atoms with Crippen molar-refractivity contribution in [1.82, 2.24) is 15.7 Å². The van der Waals surface area contributed by atoms with Gasteiger partial charge in [-0.3, -0.25) is 25.0 Å². The lowest BCUT2D eigenvalue weighted by atomic mass is 10.0. The van der Waals surface area contributed by atoms with Crippen molar-refractivity contribution in [1.29, 1.82) is 0 Å². The van der Waals surface area contributed by atoms with Crippen LogP contribution in [0.4, 0.5) is 4.79 Å². The van der Waals surface area contributed by atoms with Gasteiger partial charge in [0.25, 0.3) is 5.91 Å². The fourth-order valence-corrected chi connectivity index (χ4v) is 4.97. The fraction of sp³-hybridized carbons (Fsp3) is 0.438. The van der Waals surface area contributed by atoms with Gasteiger partial charge in [0, 0.05) is 0 Å². The average molecular weight is 399 g/mol. The summed E-state index contributed by atoms with van der Waals surface area (Å²) in [6.07, 6.45) is 0. The maximum atomic E-state index is 13.3. The summed E-state index contributed by atoms with van der Waals surface area (Å²) in [5.41, 5.74) is -0.125. The molecule has 27 heavy (non-hydrogen) atoms. The van der Waals surface area contributed by atoms with Gasteiger partial charge in [0.05, 0.1) is 17.9 Å². The summed E-state index contributed by atoms with van der Waals surface area (Å²) >= 11 is 0. The predicted octanol–water partition coefficient (Wildman–Crippen LogP) is 0.267. The highest BCUT2D eigenvalue weighted by Gasteiger charge is 2.55. The minimum Gasteiger partial charge on any atom is -0.497 e. The highest BCUT2D eigenvalue weighted by Crippen LogP contribution is 2.33. The van der Waals surface area contributed by atoms with Crippen LogP contribution in [-0.2, 0) is 19.4 Å². The zero-order valence-corrected chi connectivity index (χ0v) is 16.0. The highest BCUT2D eigenvalue weighted by atomic mass is 32.2. The Balaban J connectivity index is 2.63. The molecule has 1 aromatic rings. The topological polar surface area (TPSA) is 142 Å². The number of urea groups is 1. The van der Waals surface area contributed by atoms with Crippen LogP contribution in [0.1, 0.15) is 20.8 Å². The van der Waals surface area contributed by atoms with E-state index in [-0.39, 0.29) is 4.90 Å². The molecular weight excluding hydrogens is 378 g/mol. The Hall–Kier alpha value is -2.66. The third-order valence-corrected chi connectivity index (χ3v) is 6.69. The SMILES string of the molecule is COc1ccc(S(=O)(=O)C(C(C)C(=O)NO)N2C(=O)NC(=O)C2(C)C)cc1. The number of carbonyl (C=O) groups excluding carboxylic acids is 3. The van der Waals surface area contributed by atoms with Gasteiger partial charge >= 0.3 is 6.03 Å². The molecule has 3 N–H and O–H groups in total. The molecule has 0 aliphatic carbocycles. The largest absolute Gasteiger partial charge is 0.497 e. The van der Waals surface area contributed by atoms with Crippen LogP contribution in [0.5, 0.6) is 5.75 Å². The number of rotatable bonds is 6. The normalized spacial score (nSPS) is 18.6. The number of hydrogen-bond donors (Lipinski definition) is 3. The fourth-order valence-electron chi connectivity index (χ4n) is 2.87. The van der Waals surface area contributed by atoms with Crippen LogP contribution in [-0.4, -0.2) is 54.4 Å². The van der Waals surface area contributed by atoms with Gasteiger partial charge < -0.3 is 4.74 Å². The van der Waals surface area contributed by atoms with E-state index in [1.54, 1.807) is 0 Å². The number of nitrogens with zero attached hydrogens (tertiary/aromatic N) is 1. The second-order valence-corrected chi connectivity index (χ2v) is 8.61. The number of amides is 4. The molecule has 1 heterocycles. The van der Waals surface area contributed by atoms with Crippen LogP contribution in [0.2, 0.25) is 0 Å². The van der Waals surface area contributed by atoms with E-state index in [2.05, 4.69) is 5.32 Å². The maximum Gasteiger partial charge on any atom is 0.326 e. The van der Waals surface area contributed by atoms with Gasteiger partial charge in [-0.1, -0.05) is 6.92 Å². The first-order valence-electron chi connectivity index (χ1n) is 7.95. The van der Waals surface area contributed by atoms with Crippen LogP contribution < -0.4 is 15.5 Å². The summed E-state index contributed by atoms with van der Waals surface area (Å²) in [6.45, 7) is 3.98. The minimum absolute atomic E-state index is 0.172. The Morgan fingerprint density at radius 3 is 2.22 bits per heavy atom. The van der Waals surface area contributed by atoms with Crippen molar-refractivity contribution >= 4 is 27.7 Å². The second-order valence-electron chi connectivity index (χ2n) is 6.56. The van der Waals surface area contributed by atoms with E-state index in [9.17, 15) is 22.8 Å². The lowest BCUT2D eigenvalue weighted by molar-refractivity contribution is -0.135. The Labute approximate surface area is 156 Å². The van der Waals surface area contributed by atoms with Crippen molar-refractivity contribution in [3.05, 3.63) is 24.3 Å². The maximum absolute atomic E-state index is 13.3. The second kappa shape index (κ2) is 7.16. The molecule has 1 aromatic carbocycles. The Kier molecular flexibility index (Phi) is 5.47. The summed E-state index contributed by atoms with van der Waals surface area (Å²) in [5.74, 6) is -2.67. The lowest BCUT2D eigenvalue weighted by Crippen LogP contribution is -2.57. The van der Waals surface area contributed by atoms with E-state index in [1.165, 1.54) is 57.6 Å². The van der Waals surface area contributed by atoms with Crippen LogP contribution in [0.25, 0.3) is 0 Å². The summed E-state index contributed by atoms with van der Waals surface area (Å²) in [4.78, 5) is 37.1. The van der Waals surface area contributed by atoms with Crippen molar-refractivity contribution in [2.75, 3.05) is 7.11 Å². The van der Waals surface area contributed by atoms with Crippen LogP contribution >= 0.6 is 0 Å². The average Bonchev–Trinajstić information content (AvgIpc) is 2.82. The molecule has 1 aliphatic heterocycles. The third kappa shape index (κ3) is 3.47. The van der Waals surface area contributed by atoms with Gasteiger partial charge in [0.2, 0.25) is 5.91 Å². The van der Waals surface area contributed by atoms with Crippen LogP contribution in [0.3, 0.4) is 0 Å². The summed E-state index contributed by atoms with van der Waals surface area (Å²) in [5, 5.41) is 9.28. The molecule has 2 atom stereocenters. The first-order chi connectivity index (χ1) is 12.5. The van der Waals surface area contributed by atoms with E-state index >= 15 is 0 Å². The van der Waals surface area contributed by atoms with E-state index < -0.39 is 44.5 Å². The molecule has 148 valence electrons. The Bertz CT molecular complexity index is 865. The smallest absolute Gasteiger partial charge is 0.326 e. The molecule has 1 saturated heterocycles. The number of ether oxygens (including phenoxy) is 1. The number of imide groups is 1. The van der Waals surface area contributed by atoms with E-state index in [1.807, 2.05) is 0 Å². The highest BCUT2D eigenvalue weighted by molar-refractivity contribution is 7.92. The molecule has 2 unspecified atom stereocenters.